The van der Waals surface area contributed by atoms with Crippen LogP contribution in [-0.4, -0.2) is 35.8 Å². The number of nitrogens with one attached hydrogen (secondary N) is 1. The van der Waals surface area contributed by atoms with Crippen molar-refractivity contribution in [2.45, 2.75) is 39.8 Å². The fourth-order valence-electron chi connectivity index (χ4n) is 1.94. The lowest BCUT2D eigenvalue weighted by Crippen LogP contribution is -2.64. The molecule has 1 aliphatic heterocycles. The molecule has 0 saturated carbocycles. The Morgan fingerprint density at radius 1 is 1.29 bits per heavy atom. The molecule has 0 aliphatic carbocycles. The normalized spacial score (nSPS) is 29.1. The number of carbonyl (C=O) groups is 2. The van der Waals surface area contributed by atoms with Crippen LogP contribution in [0.4, 0.5) is 0 Å². The first-order valence-corrected chi connectivity index (χ1v) is 4.82. The van der Waals surface area contributed by atoms with Gasteiger partial charge in [-0.3, -0.25) is 9.59 Å². The molecule has 0 aromatic heterocycles. The zero-order valence-corrected chi connectivity index (χ0v) is 9.42. The van der Waals surface area contributed by atoms with E-state index in [2.05, 4.69) is 5.32 Å². The summed E-state index contributed by atoms with van der Waals surface area (Å²) >= 11 is 0. The summed E-state index contributed by atoms with van der Waals surface area (Å²) in [6, 6.07) is -0.766. The minimum absolute atomic E-state index is 0.0236. The molecule has 1 aliphatic rings. The van der Waals surface area contributed by atoms with E-state index in [1.807, 2.05) is 20.8 Å². The zero-order chi connectivity index (χ0) is 11.1. The molecule has 2 amide bonds. The molecule has 0 radical (unpaired) electrons. The third-order valence-corrected chi connectivity index (χ3v) is 2.53. The molecule has 1 saturated heterocycles. The third kappa shape index (κ3) is 1.74. The Labute approximate surface area is 84.7 Å². The Balaban J connectivity index is 2.96. The standard InChI is InChI=1S/C10H18N2O2/c1-6-9(14)12(5)7(8(13)11-6)10(2,3)4/h6-7H,1-5H3,(H,11,13). The van der Waals surface area contributed by atoms with Gasteiger partial charge in [-0.15, -0.1) is 0 Å². The van der Waals surface area contributed by atoms with Gasteiger partial charge in [-0.1, -0.05) is 20.8 Å². The molecule has 0 spiro atoms. The Morgan fingerprint density at radius 3 is 2.21 bits per heavy atom. The van der Waals surface area contributed by atoms with Crippen molar-refractivity contribution in [2.24, 2.45) is 5.41 Å². The molecule has 1 N–H and O–H groups in total. The maximum atomic E-state index is 11.7. The number of amides is 2. The van der Waals surface area contributed by atoms with E-state index < -0.39 is 6.04 Å². The minimum Gasteiger partial charge on any atom is -0.343 e. The average Bonchev–Trinajstić information content (AvgIpc) is 1.97. The van der Waals surface area contributed by atoms with Crippen molar-refractivity contribution >= 4 is 11.8 Å². The quantitative estimate of drug-likeness (QED) is 0.611. The summed E-state index contributed by atoms with van der Waals surface area (Å²) in [6.45, 7) is 7.57. The van der Waals surface area contributed by atoms with E-state index in [9.17, 15) is 9.59 Å². The molecule has 14 heavy (non-hydrogen) atoms. The van der Waals surface area contributed by atoms with Gasteiger partial charge in [0, 0.05) is 7.05 Å². The number of nitrogens with zero attached hydrogens (tertiary/aromatic N) is 1. The predicted octanol–water partition coefficient (Wildman–Crippen LogP) is 0.378. The van der Waals surface area contributed by atoms with Crippen LogP contribution < -0.4 is 5.32 Å². The van der Waals surface area contributed by atoms with Crippen LogP contribution in [0.1, 0.15) is 27.7 Å². The van der Waals surface area contributed by atoms with Crippen LogP contribution in [0.15, 0.2) is 0 Å². The summed E-state index contributed by atoms with van der Waals surface area (Å²) < 4.78 is 0. The molecule has 2 atom stereocenters. The molecule has 2 unspecified atom stereocenters. The van der Waals surface area contributed by atoms with Crippen molar-refractivity contribution in [1.82, 2.24) is 10.2 Å². The van der Waals surface area contributed by atoms with E-state index in [4.69, 9.17) is 0 Å². The van der Waals surface area contributed by atoms with Crippen molar-refractivity contribution in [3.05, 3.63) is 0 Å². The molecule has 0 aromatic rings. The second-order valence-corrected chi connectivity index (χ2v) is 4.95. The molecule has 1 rings (SSSR count). The lowest BCUT2D eigenvalue weighted by Gasteiger charge is -2.42. The topological polar surface area (TPSA) is 49.4 Å². The smallest absolute Gasteiger partial charge is 0.245 e. The molecule has 0 bridgehead atoms. The largest absolute Gasteiger partial charge is 0.343 e. The van der Waals surface area contributed by atoms with E-state index >= 15 is 0 Å². The second kappa shape index (κ2) is 3.26. The molecule has 1 heterocycles. The maximum absolute atomic E-state index is 11.7. The van der Waals surface area contributed by atoms with Crippen LogP contribution in [0, 0.1) is 5.41 Å². The van der Waals surface area contributed by atoms with Crippen molar-refractivity contribution in [2.75, 3.05) is 7.05 Å². The second-order valence-electron chi connectivity index (χ2n) is 4.95. The molecule has 4 heteroatoms. The third-order valence-electron chi connectivity index (χ3n) is 2.53. The number of rotatable bonds is 0. The Bertz CT molecular complexity index is 268. The lowest BCUT2D eigenvalue weighted by molar-refractivity contribution is -0.151. The highest BCUT2D eigenvalue weighted by molar-refractivity contribution is 5.96. The number of piperazine rings is 1. The number of hydrogen-bond acceptors (Lipinski definition) is 2. The number of hydrogen-bond donors (Lipinski definition) is 1. The van der Waals surface area contributed by atoms with E-state index in [-0.39, 0.29) is 23.3 Å². The summed E-state index contributed by atoms with van der Waals surface area (Å²) in [5, 5.41) is 2.69. The Morgan fingerprint density at radius 2 is 1.79 bits per heavy atom. The highest BCUT2D eigenvalue weighted by Crippen LogP contribution is 2.26. The van der Waals surface area contributed by atoms with Crippen molar-refractivity contribution in [3.8, 4) is 0 Å². The molecule has 1 fully saturated rings. The van der Waals surface area contributed by atoms with Crippen LogP contribution in [0.25, 0.3) is 0 Å². The van der Waals surface area contributed by atoms with Crippen molar-refractivity contribution in [3.63, 3.8) is 0 Å². The first kappa shape index (κ1) is 11.0. The first-order valence-electron chi connectivity index (χ1n) is 4.82. The first-order chi connectivity index (χ1) is 6.25. The van der Waals surface area contributed by atoms with Gasteiger partial charge in [-0.25, -0.2) is 0 Å². The Hall–Kier alpha value is -1.06. The van der Waals surface area contributed by atoms with Gasteiger partial charge in [0.25, 0.3) is 0 Å². The van der Waals surface area contributed by atoms with Crippen molar-refractivity contribution in [1.29, 1.82) is 0 Å². The lowest BCUT2D eigenvalue weighted by atomic mass is 9.83. The molecular formula is C10H18N2O2. The van der Waals surface area contributed by atoms with Crippen LogP contribution in [0.3, 0.4) is 0 Å². The molecular weight excluding hydrogens is 180 g/mol. The molecule has 80 valence electrons. The van der Waals surface area contributed by atoms with Gasteiger partial charge in [0.2, 0.25) is 11.8 Å². The van der Waals surface area contributed by atoms with E-state index in [0.717, 1.165) is 0 Å². The van der Waals surface area contributed by atoms with Crippen LogP contribution >= 0.6 is 0 Å². The fourth-order valence-corrected chi connectivity index (χ4v) is 1.94. The summed E-state index contributed by atoms with van der Waals surface area (Å²) in [7, 11) is 1.69. The average molecular weight is 198 g/mol. The highest BCUT2D eigenvalue weighted by Gasteiger charge is 2.42. The summed E-state index contributed by atoms with van der Waals surface area (Å²) in [5.74, 6) is -0.0865. The monoisotopic (exact) mass is 198 g/mol. The summed E-state index contributed by atoms with van der Waals surface area (Å²) in [5.41, 5.74) is -0.228. The van der Waals surface area contributed by atoms with Gasteiger partial charge in [-0.05, 0) is 12.3 Å². The van der Waals surface area contributed by atoms with Gasteiger partial charge in [0.1, 0.15) is 12.1 Å². The van der Waals surface area contributed by atoms with Crippen molar-refractivity contribution < 1.29 is 9.59 Å². The number of carbonyl (C=O) groups excluding carboxylic acids is 2. The van der Waals surface area contributed by atoms with E-state index in [1.54, 1.807) is 18.9 Å². The molecule has 0 aromatic carbocycles. The highest BCUT2D eigenvalue weighted by atomic mass is 16.2. The van der Waals surface area contributed by atoms with E-state index in [0.29, 0.717) is 0 Å². The van der Waals surface area contributed by atoms with Crippen LogP contribution in [0.2, 0.25) is 0 Å². The van der Waals surface area contributed by atoms with Crippen LogP contribution in [-0.2, 0) is 9.59 Å². The van der Waals surface area contributed by atoms with Gasteiger partial charge in [-0.2, -0.15) is 0 Å². The van der Waals surface area contributed by atoms with Gasteiger partial charge in [0.05, 0.1) is 0 Å². The van der Waals surface area contributed by atoms with Gasteiger partial charge >= 0.3 is 0 Å². The van der Waals surface area contributed by atoms with Crippen LogP contribution in [0.5, 0.6) is 0 Å². The zero-order valence-electron chi connectivity index (χ0n) is 9.42. The summed E-state index contributed by atoms with van der Waals surface area (Å²) in [6.07, 6.45) is 0. The summed E-state index contributed by atoms with van der Waals surface area (Å²) in [4.78, 5) is 24.9. The van der Waals surface area contributed by atoms with Gasteiger partial charge in [0.15, 0.2) is 0 Å². The van der Waals surface area contributed by atoms with E-state index in [1.165, 1.54) is 0 Å². The minimum atomic E-state index is -0.397. The number of likely N-dealkylation sites (N-methyl/N-ethyl adjacent to an activating group) is 1. The maximum Gasteiger partial charge on any atom is 0.245 e. The van der Waals surface area contributed by atoms with Gasteiger partial charge < -0.3 is 10.2 Å². The molecule has 4 nitrogen and oxygen atoms in total. The SMILES string of the molecule is CC1NC(=O)C(C(C)(C)C)N(C)C1=O. The Kier molecular flexibility index (Phi) is 2.56. The predicted molar refractivity (Wildman–Crippen MR) is 53.6 cm³/mol. The fraction of sp³-hybridized carbons (Fsp3) is 0.800.